The highest BCUT2D eigenvalue weighted by atomic mass is 28.3. The summed E-state index contributed by atoms with van der Waals surface area (Å²) < 4.78 is 0. The fourth-order valence-electron chi connectivity index (χ4n) is 0.981. The molecule has 0 heterocycles. The van der Waals surface area contributed by atoms with Crippen molar-refractivity contribution < 1.29 is 0 Å². The first-order chi connectivity index (χ1) is 5.68. The van der Waals surface area contributed by atoms with E-state index in [1.165, 1.54) is 11.1 Å². The first-order valence-corrected chi connectivity index (χ1v) is 7.41. The molecule has 0 aliphatic carbocycles. The van der Waals surface area contributed by atoms with E-state index in [0.29, 0.717) is 0 Å². The van der Waals surface area contributed by atoms with Crippen LogP contribution in [-0.2, 0) is 0 Å². The Bertz CT molecular complexity index is 257. The molecular formula is C11H16Si. The summed E-state index contributed by atoms with van der Waals surface area (Å²) in [6, 6.07) is 8.65. The topological polar surface area (TPSA) is 0 Å². The maximum Gasteiger partial charge on any atom is 0.0554 e. The van der Waals surface area contributed by atoms with Crippen LogP contribution in [0.1, 0.15) is 11.1 Å². The molecule has 0 spiro atoms. The molecule has 1 rings (SSSR count). The van der Waals surface area contributed by atoms with Crippen molar-refractivity contribution in [2.24, 2.45) is 0 Å². The fraction of sp³-hybridized carbons (Fsp3) is 0.273. The normalized spacial score (nSPS) is 11.3. The number of hydrogen-bond acceptors (Lipinski definition) is 0. The van der Waals surface area contributed by atoms with E-state index in [1.807, 2.05) is 0 Å². The van der Waals surface area contributed by atoms with Gasteiger partial charge in [-0.05, 0) is 12.5 Å². The number of benzene rings is 1. The average Bonchev–Trinajstić information content (AvgIpc) is 2.03. The smallest absolute Gasteiger partial charge is 0.0554 e. The lowest BCUT2D eigenvalue weighted by molar-refractivity contribution is 1.46. The summed E-state index contributed by atoms with van der Waals surface area (Å²) >= 11 is 0. The largest absolute Gasteiger partial charge is 0.0976 e. The van der Waals surface area contributed by atoms with Gasteiger partial charge in [-0.15, -0.1) is 0 Å². The highest BCUT2D eigenvalue weighted by Crippen LogP contribution is 2.05. The molecule has 0 fully saturated rings. The van der Waals surface area contributed by atoms with Crippen LogP contribution in [0.4, 0.5) is 0 Å². The van der Waals surface area contributed by atoms with E-state index >= 15 is 0 Å². The third-order valence-corrected chi connectivity index (χ3v) is 2.71. The molecular weight excluding hydrogens is 160 g/mol. The van der Waals surface area contributed by atoms with Gasteiger partial charge in [0.05, 0.1) is 8.80 Å². The minimum Gasteiger partial charge on any atom is -0.0976 e. The van der Waals surface area contributed by atoms with Crippen molar-refractivity contribution in [1.82, 2.24) is 0 Å². The van der Waals surface area contributed by atoms with Gasteiger partial charge in [-0.2, -0.15) is 0 Å². The Morgan fingerprint density at radius 1 is 1.08 bits per heavy atom. The molecule has 0 aliphatic rings. The van der Waals surface area contributed by atoms with Crippen LogP contribution in [0.3, 0.4) is 0 Å². The molecule has 0 bridgehead atoms. The molecule has 0 amide bonds. The van der Waals surface area contributed by atoms with E-state index in [4.69, 9.17) is 0 Å². The summed E-state index contributed by atoms with van der Waals surface area (Å²) in [7, 11) is -0.533. The Morgan fingerprint density at radius 3 is 2.17 bits per heavy atom. The van der Waals surface area contributed by atoms with Crippen LogP contribution < -0.4 is 0 Å². The molecule has 0 saturated heterocycles. The quantitative estimate of drug-likeness (QED) is 0.608. The summed E-state index contributed by atoms with van der Waals surface area (Å²) in [4.78, 5) is 0. The molecule has 0 aromatic heterocycles. The third kappa shape index (κ3) is 3.05. The molecule has 1 heteroatoms. The van der Waals surface area contributed by atoms with E-state index in [1.54, 1.807) is 0 Å². The van der Waals surface area contributed by atoms with Crippen molar-refractivity contribution in [3.63, 3.8) is 0 Å². The van der Waals surface area contributed by atoms with E-state index in [-0.39, 0.29) is 0 Å². The zero-order chi connectivity index (χ0) is 8.97. The van der Waals surface area contributed by atoms with Gasteiger partial charge in [-0.3, -0.25) is 0 Å². The predicted molar refractivity (Wildman–Crippen MR) is 59.1 cm³/mol. The maximum absolute atomic E-state index is 2.35. The lowest BCUT2D eigenvalue weighted by Crippen LogP contribution is -1.91. The zero-order valence-corrected chi connectivity index (χ0v) is 9.20. The molecule has 0 nitrogen and oxygen atoms in total. The molecule has 64 valence electrons. The van der Waals surface area contributed by atoms with Crippen LogP contribution in [0.5, 0.6) is 0 Å². The monoisotopic (exact) mass is 176 g/mol. The predicted octanol–water partition coefficient (Wildman–Crippen LogP) is 3.03. The number of aryl methyl sites for hydroxylation is 1. The zero-order valence-electron chi connectivity index (χ0n) is 8.04. The fourth-order valence-corrected chi connectivity index (χ4v) is 1.59. The van der Waals surface area contributed by atoms with Gasteiger partial charge in [0, 0.05) is 0 Å². The van der Waals surface area contributed by atoms with Crippen LogP contribution >= 0.6 is 0 Å². The number of rotatable bonds is 2. The summed E-state index contributed by atoms with van der Waals surface area (Å²) in [5.74, 6) is 0. The van der Waals surface area contributed by atoms with Crippen LogP contribution in [0.25, 0.3) is 6.08 Å². The van der Waals surface area contributed by atoms with Crippen molar-refractivity contribution in [1.29, 1.82) is 0 Å². The van der Waals surface area contributed by atoms with Gasteiger partial charge in [0.2, 0.25) is 0 Å². The molecule has 12 heavy (non-hydrogen) atoms. The van der Waals surface area contributed by atoms with Gasteiger partial charge in [0.15, 0.2) is 0 Å². The van der Waals surface area contributed by atoms with Crippen molar-refractivity contribution in [2.75, 3.05) is 0 Å². The lowest BCUT2D eigenvalue weighted by Gasteiger charge is -1.95. The van der Waals surface area contributed by atoms with Crippen molar-refractivity contribution in [2.45, 2.75) is 20.0 Å². The minimum atomic E-state index is -0.533. The summed E-state index contributed by atoms with van der Waals surface area (Å²) in [5, 5.41) is 0. The summed E-state index contributed by atoms with van der Waals surface area (Å²) in [6.45, 7) is 6.76. The molecule has 0 radical (unpaired) electrons. The molecule has 0 aliphatic heterocycles. The first kappa shape index (κ1) is 9.27. The van der Waals surface area contributed by atoms with Crippen molar-refractivity contribution in [3.8, 4) is 0 Å². The second-order valence-corrected chi connectivity index (χ2v) is 6.39. The maximum atomic E-state index is 2.35. The second kappa shape index (κ2) is 4.26. The molecule has 1 aromatic rings. The third-order valence-electron chi connectivity index (χ3n) is 1.75. The van der Waals surface area contributed by atoms with Crippen LogP contribution in [0.2, 0.25) is 13.1 Å². The van der Waals surface area contributed by atoms with Crippen LogP contribution in [0.15, 0.2) is 30.0 Å². The SMILES string of the molecule is Cc1ccc(C=C[SiH](C)C)cc1. The first-order valence-electron chi connectivity index (χ1n) is 4.43. The van der Waals surface area contributed by atoms with E-state index in [2.05, 4.69) is 56.1 Å². The van der Waals surface area contributed by atoms with Gasteiger partial charge >= 0.3 is 0 Å². The van der Waals surface area contributed by atoms with Gasteiger partial charge < -0.3 is 0 Å². The summed E-state index contributed by atoms with van der Waals surface area (Å²) in [6.07, 6.45) is 2.23. The Kier molecular flexibility index (Phi) is 3.29. The highest BCUT2D eigenvalue weighted by molar-refractivity contribution is 6.62. The standard InChI is InChI=1S/C11H16Si/c1-10-4-6-11(7-5-10)8-9-12(2)3/h4-9,12H,1-3H3. The van der Waals surface area contributed by atoms with Crippen molar-refractivity contribution in [3.05, 3.63) is 41.1 Å². The lowest BCUT2D eigenvalue weighted by atomic mass is 10.2. The van der Waals surface area contributed by atoms with Gasteiger partial charge in [0.25, 0.3) is 0 Å². The Balaban J connectivity index is 2.71. The van der Waals surface area contributed by atoms with Gasteiger partial charge in [0.1, 0.15) is 0 Å². The molecule has 0 unspecified atom stereocenters. The number of hydrogen-bond donors (Lipinski definition) is 0. The van der Waals surface area contributed by atoms with E-state index in [0.717, 1.165) is 0 Å². The molecule has 1 aromatic carbocycles. The van der Waals surface area contributed by atoms with Crippen LogP contribution in [0, 0.1) is 6.92 Å². The second-order valence-electron chi connectivity index (χ2n) is 3.51. The summed E-state index contributed by atoms with van der Waals surface area (Å²) in [5.41, 5.74) is 5.00. The van der Waals surface area contributed by atoms with Crippen molar-refractivity contribution >= 4 is 14.9 Å². The molecule has 0 N–H and O–H groups in total. The highest BCUT2D eigenvalue weighted by Gasteiger charge is 1.88. The Labute approximate surface area is 76.5 Å². The minimum absolute atomic E-state index is 0.533. The Hall–Kier alpha value is -0.823. The van der Waals surface area contributed by atoms with Crippen LogP contribution in [-0.4, -0.2) is 8.80 Å². The molecule has 0 atom stereocenters. The van der Waals surface area contributed by atoms with Gasteiger partial charge in [-0.1, -0.05) is 54.7 Å². The van der Waals surface area contributed by atoms with E-state index in [9.17, 15) is 0 Å². The average molecular weight is 176 g/mol. The Morgan fingerprint density at radius 2 is 1.67 bits per heavy atom. The van der Waals surface area contributed by atoms with Gasteiger partial charge in [-0.25, -0.2) is 0 Å². The van der Waals surface area contributed by atoms with E-state index < -0.39 is 8.80 Å². The molecule has 0 saturated carbocycles.